The molecule has 2 aromatic rings. The lowest BCUT2D eigenvalue weighted by molar-refractivity contribution is -0.139. The van der Waals surface area contributed by atoms with Crippen LogP contribution in [0, 0.1) is 6.92 Å². The lowest BCUT2D eigenvalue weighted by Crippen LogP contribution is -2.53. The average Bonchev–Trinajstić information content (AvgIpc) is 2.82. The van der Waals surface area contributed by atoms with Crippen molar-refractivity contribution in [2.45, 2.75) is 64.6 Å². The van der Waals surface area contributed by atoms with Gasteiger partial charge in [-0.2, -0.15) is 0 Å². The van der Waals surface area contributed by atoms with Crippen LogP contribution in [0.3, 0.4) is 0 Å². The van der Waals surface area contributed by atoms with Crippen molar-refractivity contribution < 1.29 is 18.0 Å². The van der Waals surface area contributed by atoms with Gasteiger partial charge in [0.1, 0.15) is 12.6 Å². The summed E-state index contributed by atoms with van der Waals surface area (Å²) in [6.45, 7) is 3.01. The van der Waals surface area contributed by atoms with E-state index in [-0.39, 0.29) is 18.5 Å². The molecule has 1 saturated carbocycles. The highest BCUT2D eigenvalue weighted by Crippen LogP contribution is 2.26. The van der Waals surface area contributed by atoms with Gasteiger partial charge in [-0.3, -0.25) is 13.9 Å². The predicted octanol–water partition coefficient (Wildman–Crippen LogP) is 4.93. The second kappa shape index (κ2) is 12.3. The van der Waals surface area contributed by atoms with Crippen molar-refractivity contribution in [3.05, 3.63) is 63.6 Å². The third kappa shape index (κ3) is 7.37. The van der Waals surface area contributed by atoms with Crippen molar-refractivity contribution in [3.63, 3.8) is 0 Å². The van der Waals surface area contributed by atoms with Crippen molar-refractivity contribution in [1.29, 1.82) is 0 Å². The van der Waals surface area contributed by atoms with Crippen LogP contribution in [-0.4, -0.2) is 50.0 Å². The van der Waals surface area contributed by atoms with Crippen LogP contribution in [0.15, 0.2) is 42.5 Å². The summed E-state index contributed by atoms with van der Waals surface area (Å²) in [4.78, 5) is 28.3. The van der Waals surface area contributed by atoms with Crippen molar-refractivity contribution in [1.82, 2.24) is 10.2 Å². The van der Waals surface area contributed by atoms with E-state index in [4.69, 9.17) is 23.2 Å². The summed E-state index contributed by atoms with van der Waals surface area (Å²) in [6, 6.07) is 11.1. The first-order valence-electron chi connectivity index (χ1n) is 12.0. The highest BCUT2D eigenvalue weighted by molar-refractivity contribution is 7.92. The molecule has 1 fully saturated rings. The fourth-order valence-corrected chi connectivity index (χ4v) is 5.80. The summed E-state index contributed by atoms with van der Waals surface area (Å²) in [5.41, 5.74) is 1.73. The van der Waals surface area contributed by atoms with Crippen molar-refractivity contribution in [2.75, 3.05) is 17.1 Å². The molecule has 0 heterocycles. The number of carbonyl (C=O) groups excluding carboxylic acids is 2. The first-order chi connectivity index (χ1) is 17.0. The molecular weight excluding hydrogens is 521 g/mol. The number of nitrogens with zero attached hydrogens (tertiary/aromatic N) is 2. The van der Waals surface area contributed by atoms with Gasteiger partial charge in [-0.1, -0.05) is 66.7 Å². The smallest absolute Gasteiger partial charge is 0.244 e. The normalized spacial score (nSPS) is 15.2. The van der Waals surface area contributed by atoms with E-state index >= 15 is 0 Å². The minimum Gasteiger partial charge on any atom is -0.352 e. The van der Waals surface area contributed by atoms with Gasteiger partial charge in [0.15, 0.2) is 0 Å². The lowest BCUT2D eigenvalue weighted by atomic mass is 9.95. The molecule has 10 heteroatoms. The number of hydrogen-bond acceptors (Lipinski definition) is 4. The Kier molecular flexibility index (Phi) is 9.66. The Hall–Kier alpha value is -2.29. The van der Waals surface area contributed by atoms with E-state index in [9.17, 15) is 18.0 Å². The molecule has 2 aromatic carbocycles. The quantitative estimate of drug-likeness (QED) is 0.476. The zero-order chi connectivity index (χ0) is 26.5. The second-order valence-corrected chi connectivity index (χ2v) is 12.1. The number of carbonyl (C=O) groups is 2. The number of amides is 2. The molecule has 36 heavy (non-hydrogen) atoms. The van der Waals surface area contributed by atoms with E-state index < -0.39 is 28.5 Å². The number of benzene rings is 2. The molecule has 0 bridgehead atoms. The third-order valence-electron chi connectivity index (χ3n) is 6.54. The van der Waals surface area contributed by atoms with Crippen molar-refractivity contribution in [3.8, 4) is 0 Å². The number of nitrogens with one attached hydrogen (secondary N) is 1. The van der Waals surface area contributed by atoms with Gasteiger partial charge in [0.2, 0.25) is 21.8 Å². The summed E-state index contributed by atoms with van der Waals surface area (Å²) in [5, 5.41) is 3.88. The predicted molar refractivity (Wildman–Crippen MR) is 145 cm³/mol. The molecule has 1 N–H and O–H groups in total. The summed E-state index contributed by atoms with van der Waals surface area (Å²) >= 11 is 12.4. The maximum absolute atomic E-state index is 13.7. The molecule has 3 rings (SSSR count). The Balaban J connectivity index is 1.91. The first kappa shape index (κ1) is 28.3. The molecule has 0 radical (unpaired) electrons. The average molecular weight is 555 g/mol. The van der Waals surface area contributed by atoms with Crippen LogP contribution in [0.4, 0.5) is 5.69 Å². The van der Waals surface area contributed by atoms with Crippen LogP contribution in [0.25, 0.3) is 0 Å². The monoisotopic (exact) mass is 553 g/mol. The Morgan fingerprint density at radius 2 is 1.75 bits per heavy atom. The minimum absolute atomic E-state index is 0.0272. The molecule has 2 amide bonds. The Morgan fingerprint density at radius 1 is 1.08 bits per heavy atom. The van der Waals surface area contributed by atoms with E-state index in [1.807, 2.05) is 0 Å². The number of aryl methyl sites for hydroxylation is 1. The molecule has 0 aromatic heterocycles. The number of halogens is 2. The summed E-state index contributed by atoms with van der Waals surface area (Å²) in [6.07, 6.45) is 6.15. The van der Waals surface area contributed by atoms with Gasteiger partial charge in [0.05, 0.1) is 11.9 Å². The number of para-hydroxylation sites is 1. The Bertz CT molecular complexity index is 1200. The zero-order valence-corrected chi connectivity index (χ0v) is 23.2. The standard InChI is InChI=1S/C26H33Cl2N3O4S/c1-18-9-7-8-12-24(18)31(36(3,34)35)17-25(32)30(16-20-13-14-21(27)15-23(20)28)19(2)26(33)29-22-10-5-4-6-11-22/h7-9,12-15,19,22H,4-6,10-11,16-17H2,1-3H3,(H,29,33)/t19-/m1/s1. The van der Waals surface area contributed by atoms with Gasteiger partial charge < -0.3 is 10.2 Å². The van der Waals surface area contributed by atoms with Crippen LogP contribution in [0.5, 0.6) is 0 Å². The summed E-state index contributed by atoms with van der Waals surface area (Å²) < 4.78 is 26.5. The molecule has 7 nitrogen and oxygen atoms in total. The number of rotatable bonds is 9. The Morgan fingerprint density at radius 3 is 2.36 bits per heavy atom. The number of anilines is 1. The minimum atomic E-state index is -3.78. The topological polar surface area (TPSA) is 86.8 Å². The Labute approximate surface area is 223 Å². The van der Waals surface area contributed by atoms with Gasteiger partial charge in [0, 0.05) is 22.6 Å². The lowest BCUT2D eigenvalue weighted by Gasteiger charge is -2.33. The first-order valence-corrected chi connectivity index (χ1v) is 14.6. The molecule has 1 aliphatic carbocycles. The molecule has 0 saturated heterocycles. The SMILES string of the molecule is Cc1ccccc1N(CC(=O)N(Cc1ccc(Cl)cc1Cl)[C@H](C)C(=O)NC1CCCCC1)S(C)(=O)=O. The molecule has 0 unspecified atom stereocenters. The number of sulfonamides is 1. The summed E-state index contributed by atoms with van der Waals surface area (Å²) in [7, 11) is -3.78. The van der Waals surface area contributed by atoms with Gasteiger partial charge in [-0.25, -0.2) is 8.42 Å². The van der Waals surface area contributed by atoms with Gasteiger partial charge in [0.25, 0.3) is 0 Å². The van der Waals surface area contributed by atoms with Crippen LogP contribution < -0.4 is 9.62 Å². The largest absolute Gasteiger partial charge is 0.352 e. The van der Waals surface area contributed by atoms with E-state index in [1.54, 1.807) is 56.3 Å². The van der Waals surface area contributed by atoms with Crippen LogP contribution >= 0.6 is 23.2 Å². The van der Waals surface area contributed by atoms with Gasteiger partial charge in [-0.15, -0.1) is 0 Å². The van der Waals surface area contributed by atoms with E-state index in [1.165, 1.54) is 4.90 Å². The van der Waals surface area contributed by atoms with Crippen LogP contribution in [0.2, 0.25) is 10.0 Å². The van der Waals surface area contributed by atoms with Gasteiger partial charge >= 0.3 is 0 Å². The number of hydrogen-bond donors (Lipinski definition) is 1. The fraction of sp³-hybridized carbons (Fsp3) is 0.462. The van der Waals surface area contributed by atoms with Crippen molar-refractivity contribution >= 4 is 50.7 Å². The van der Waals surface area contributed by atoms with Gasteiger partial charge in [-0.05, 0) is 56.0 Å². The highest BCUT2D eigenvalue weighted by atomic mass is 35.5. The molecule has 1 aliphatic rings. The second-order valence-electron chi connectivity index (χ2n) is 9.33. The maximum Gasteiger partial charge on any atom is 0.244 e. The molecule has 1 atom stereocenters. The van der Waals surface area contributed by atoms with Crippen LogP contribution in [0.1, 0.15) is 50.2 Å². The molecular formula is C26H33Cl2N3O4S. The molecule has 0 spiro atoms. The van der Waals surface area contributed by atoms with E-state index in [2.05, 4.69) is 5.32 Å². The fourth-order valence-electron chi connectivity index (χ4n) is 4.42. The maximum atomic E-state index is 13.7. The highest BCUT2D eigenvalue weighted by Gasteiger charge is 2.31. The zero-order valence-electron chi connectivity index (χ0n) is 20.8. The molecule has 196 valence electrons. The van der Waals surface area contributed by atoms with Crippen LogP contribution in [-0.2, 0) is 26.2 Å². The van der Waals surface area contributed by atoms with E-state index in [0.29, 0.717) is 26.9 Å². The van der Waals surface area contributed by atoms with Crippen molar-refractivity contribution in [2.24, 2.45) is 0 Å². The molecule has 0 aliphatic heterocycles. The third-order valence-corrected chi connectivity index (χ3v) is 8.25. The van der Waals surface area contributed by atoms with E-state index in [0.717, 1.165) is 42.7 Å². The summed E-state index contributed by atoms with van der Waals surface area (Å²) in [5.74, 6) is -0.789.